The average molecular weight is 305 g/mol. The quantitative estimate of drug-likeness (QED) is 0.874. The van der Waals surface area contributed by atoms with Crippen molar-refractivity contribution in [3.63, 3.8) is 0 Å². The van der Waals surface area contributed by atoms with Crippen LogP contribution >= 0.6 is 11.8 Å². The van der Waals surface area contributed by atoms with Crippen molar-refractivity contribution in [1.29, 1.82) is 0 Å². The van der Waals surface area contributed by atoms with E-state index in [0.717, 1.165) is 29.7 Å². The van der Waals surface area contributed by atoms with Crippen molar-refractivity contribution in [3.8, 4) is 0 Å². The Kier molecular flexibility index (Phi) is 5.88. The van der Waals surface area contributed by atoms with Crippen molar-refractivity contribution in [2.45, 2.75) is 45.3 Å². The summed E-state index contributed by atoms with van der Waals surface area (Å²) in [4.78, 5) is 12.9. The Bertz CT molecular complexity index is 499. The Morgan fingerprint density at radius 2 is 2.05 bits per heavy atom. The van der Waals surface area contributed by atoms with Crippen LogP contribution in [0.3, 0.4) is 0 Å². The number of aliphatic hydroxyl groups excluding tert-OH is 1. The van der Waals surface area contributed by atoms with Gasteiger partial charge in [0.05, 0.1) is 6.10 Å². The van der Waals surface area contributed by atoms with Gasteiger partial charge in [0, 0.05) is 12.0 Å². The third-order valence-electron chi connectivity index (χ3n) is 3.54. The van der Waals surface area contributed by atoms with Crippen molar-refractivity contribution in [2.24, 2.45) is 5.92 Å². The summed E-state index contributed by atoms with van der Waals surface area (Å²) in [6, 6.07) is 9.88. The highest BCUT2D eigenvalue weighted by Crippen LogP contribution is 2.36. The van der Waals surface area contributed by atoms with Gasteiger partial charge < -0.3 is 10.4 Å². The molecule has 1 amide bonds. The van der Waals surface area contributed by atoms with Gasteiger partial charge in [-0.05, 0) is 55.3 Å². The van der Waals surface area contributed by atoms with Gasteiger partial charge in [0.1, 0.15) is 0 Å². The number of benzene rings is 1. The zero-order valence-electron chi connectivity index (χ0n) is 12.6. The van der Waals surface area contributed by atoms with E-state index >= 15 is 0 Å². The summed E-state index contributed by atoms with van der Waals surface area (Å²) in [7, 11) is 0. The van der Waals surface area contributed by atoms with E-state index in [0.29, 0.717) is 0 Å². The van der Waals surface area contributed by atoms with Gasteiger partial charge in [-0.3, -0.25) is 4.79 Å². The predicted octanol–water partition coefficient (Wildman–Crippen LogP) is 4.26. The lowest BCUT2D eigenvalue weighted by Crippen LogP contribution is -2.26. The number of nitrogens with one attached hydrogen (secondary N) is 1. The number of hydrogen-bond acceptors (Lipinski definition) is 3. The summed E-state index contributed by atoms with van der Waals surface area (Å²) in [5.41, 5.74) is 0.941. The summed E-state index contributed by atoms with van der Waals surface area (Å²) in [5, 5.41) is 13.4. The lowest BCUT2D eigenvalue weighted by atomic mass is 9.87. The normalized spacial score (nSPS) is 20.0. The molecule has 1 aliphatic rings. The molecule has 0 spiro atoms. The first-order valence-corrected chi connectivity index (χ1v) is 8.30. The lowest BCUT2D eigenvalue weighted by Gasteiger charge is -2.25. The van der Waals surface area contributed by atoms with Crippen LogP contribution in [0.25, 0.3) is 0 Å². The predicted molar refractivity (Wildman–Crippen MR) is 88.1 cm³/mol. The zero-order valence-corrected chi connectivity index (χ0v) is 13.4. The molecular formula is C17H23NO2S. The van der Waals surface area contributed by atoms with E-state index in [1.165, 1.54) is 11.8 Å². The molecule has 0 saturated carbocycles. The van der Waals surface area contributed by atoms with Crippen LogP contribution in [0.1, 0.15) is 44.8 Å². The van der Waals surface area contributed by atoms with Gasteiger partial charge in [0.15, 0.2) is 0 Å². The summed E-state index contributed by atoms with van der Waals surface area (Å²) >= 11 is 1.27. The highest BCUT2D eigenvalue weighted by Gasteiger charge is 2.23. The molecule has 21 heavy (non-hydrogen) atoms. The molecule has 1 aromatic carbocycles. The molecule has 1 aromatic rings. The smallest absolute Gasteiger partial charge is 0.283 e. The van der Waals surface area contributed by atoms with E-state index in [2.05, 4.69) is 11.4 Å². The number of carbonyl (C=O) groups excluding carboxylic acids is 1. The van der Waals surface area contributed by atoms with Crippen molar-refractivity contribution < 1.29 is 9.90 Å². The second-order valence-electron chi connectivity index (χ2n) is 5.73. The van der Waals surface area contributed by atoms with Gasteiger partial charge in [-0.2, -0.15) is 0 Å². The Balaban J connectivity index is 2.01. The summed E-state index contributed by atoms with van der Waals surface area (Å²) in [6.45, 7) is 3.91. The van der Waals surface area contributed by atoms with Crippen LogP contribution in [-0.4, -0.2) is 16.4 Å². The SMILES string of the molecule is CC(C)NC(=O)SC1=C[C@@H]([C@H](O)c2ccccc2)CCC1. The third kappa shape index (κ3) is 4.90. The molecule has 2 atom stereocenters. The van der Waals surface area contributed by atoms with E-state index in [-0.39, 0.29) is 17.2 Å². The largest absolute Gasteiger partial charge is 0.388 e. The fourth-order valence-corrected chi connectivity index (χ4v) is 3.56. The van der Waals surface area contributed by atoms with Crippen LogP contribution in [0.15, 0.2) is 41.3 Å². The summed E-state index contributed by atoms with van der Waals surface area (Å²) < 4.78 is 0. The lowest BCUT2D eigenvalue weighted by molar-refractivity contribution is 0.123. The molecule has 3 nitrogen and oxygen atoms in total. The number of allylic oxidation sites excluding steroid dienone is 1. The molecule has 0 radical (unpaired) electrons. The number of amides is 1. The Labute approximate surface area is 130 Å². The van der Waals surface area contributed by atoms with Crippen LogP contribution in [-0.2, 0) is 0 Å². The average Bonchev–Trinajstić information content (AvgIpc) is 2.46. The Morgan fingerprint density at radius 3 is 2.71 bits per heavy atom. The highest BCUT2D eigenvalue weighted by molar-refractivity contribution is 8.16. The maximum atomic E-state index is 11.8. The van der Waals surface area contributed by atoms with Crippen LogP contribution < -0.4 is 5.32 Å². The Morgan fingerprint density at radius 1 is 1.33 bits per heavy atom. The zero-order chi connectivity index (χ0) is 15.2. The molecule has 4 heteroatoms. The van der Waals surface area contributed by atoms with Crippen LogP contribution in [0.2, 0.25) is 0 Å². The van der Waals surface area contributed by atoms with Gasteiger partial charge in [-0.25, -0.2) is 0 Å². The molecule has 0 bridgehead atoms. The van der Waals surface area contributed by atoms with Crippen LogP contribution in [0.4, 0.5) is 4.79 Å². The standard InChI is InChI=1S/C17H23NO2S/c1-12(2)18-17(20)21-15-10-6-9-14(11-15)16(19)13-7-4-3-5-8-13/h3-5,7-8,11-12,14,16,19H,6,9-10H2,1-2H3,(H,18,20)/t14-,16+/m0/s1. The first-order chi connectivity index (χ1) is 10.1. The first kappa shape index (κ1) is 16.1. The maximum Gasteiger partial charge on any atom is 0.283 e. The van der Waals surface area contributed by atoms with Crippen molar-refractivity contribution >= 4 is 17.0 Å². The number of thioether (sulfide) groups is 1. The molecule has 114 valence electrons. The molecule has 0 unspecified atom stereocenters. The number of hydrogen-bond donors (Lipinski definition) is 2. The minimum Gasteiger partial charge on any atom is -0.388 e. The third-order valence-corrected chi connectivity index (χ3v) is 4.44. The van der Waals surface area contributed by atoms with Crippen molar-refractivity contribution in [2.75, 3.05) is 0 Å². The highest BCUT2D eigenvalue weighted by atomic mass is 32.2. The number of aliphatic hydroxyl groups is 1. The fraction of sp³-hybridized carbons (Fsp3) is 0.471. The van der Waals surface area contributed by atoms with Crippen molar-refractivity contribution in [1.82, 2.24) is 5.32 Å². The fourth-order valence-electron chi connectivity index (χ4n) is 2.53. The molecule has 0 aliphatic heterocycles. The van der Waals surface area contributed by atoms with Gasteiger partial charge in [0.25, 0.3) is 5.24 Å². The molecule has 1 aliphatic carbocycles. The van der Waals surface area contributed by atoms with Gasteiger partial charge in [-0.15, -0.1) is 0 Å². The van der Waals surface area contributed by atoms with Gasteiger partial charge in [-0.1, -0.05) is 36.4 Å². The minimum absolute atomic E-state index is 0.00824. The topological polar surface area (TPSA) is 49.3 Å². The molecule has 2 N–H and O–H groups in total. The molecular weight excluding hydrogens is 282 g/mol. The molecule has 2 rings (SSSR count). The molecule has 0 heterocycles. The van der Waals surface area contributed by atoms with Crippen LogP contribution in [0, 0.1) is 5.92 Å². The van der Waals surface area contributed by atoms with E-state index in [1.54, 1.807) is 0 Å². The second-order valence-corrected chi connectivity index (χ2v) is 6.83. The van der Waals surface area contributed by atoms with Crippen LogP contribution in [0.5, 0.6) is 0 Å². The van der Waals surface area contributed by atoms with Crippen molar-refractivity contribution in [3.05, 3.63) is 46.9 Å². The van der Waals surface area contributed by atoms with Gasteiger partial charge >= 0.3 is 0 Å². The Hall–Kier alpha value is -1.26. The van der Waals surface area contributed by atoms with E-state index < -0.39 is 6.10 Å². The summed E-state index contributed by atoms with van der Waals surface area (Å²) in [6.07, 6.45) is 4.49. The second kappa shape index (κ2) is 7.66. The monoisotopic (exact) mass is 305 g/mol. The maximum absolute atomic E-state index is 11.8. The molecule has 0 aromatic heterocycles. The van der Waals surface area contributed by atoms with E-state index in [4.69, 9.17) is 0 Å². The van der Waals surface area contributed by atoms with Gasteiger partial charge in [0.2, 0.25) is 0 Å². The number of carbonyl (C=O) groups is 1. The summed E-state index contributed by atoms with van der Waals surface area (Å²) in [5.74, 6) is 0.0931. The minimum atomic E-state index is -0.491. The molecule has 0 fully saturated rings. The first-order valence-electron chi connectivity index (χ1n) is 7.48. The molecule has 0 saturated heterocycles. The van der Waals surface area contributed by atoms with E-state index in [1.807, 2.05) is 44.2 Å². The number of rotatable bonds is 4. The van der Waals surface area contributed by atoms with E-state index in [9.17, 15) is 9.90 Å².